The molecule has 0 amide bonds. The summed E-state index contributed by atoms with van der Waals surface area (Å²) >= 11 is 5.51. The third-order valence-electron chi connectivity index (χ3n) is 2.59. The lowest BCUT2D eigenvalue weighted by molar-refractivity contribution is 0.111. The van der Waals surface area contributed by atoms with Gasteiger partial charge in [-0.1, -0.05) is 26.0 Å². The van der Waals surface area contributed by atoms with Crippen molar-refractivity contribution in [1.29, 1.82) is 0 Å². The molecule has 0 aromatic heterocycles. The Morgan fingerprint density at radius 3 is 2.59 bits per heavy atom. The van der Waals surface area contributed by atoms with Gasteiger partial charge in [0.15, 0.2) is 0 Å². The first-order chi connectivity index (χ1) is 8.15. The molecule has 0 aliphatic carbocycles. The summed E-state index contributed by atoms with van der Waals surface area (Å²) in [7, 11) is 0. The predicted molar refractivity (Wildman–Crippen MR) is 72.3 cm³/mol. The fourth-order valence-electron chi connectivity index (χ4n) is 1.50. The minimum atomic E-state index is 0.519. The standard InChI is InChI=1S/C14H21ClO2/c1-11(2)13-5-4-12(3)14(10-13)17-9-8-16-7-6-15/h4-5,10-11H,6-9H2,1-3H3. The number of aryl methyl sites for hydroxylation is 1. The van der Waals surface area contributed by atoms with Crippen LogP contribution in [-0.2, 0) is 4.74 Å². The number of benzene rings is 1. The van der Waals surface area contributed by atoms with Crippen molar-refractivity contribution in [1.82, 2.24) is 0 Å². The quantitative estimate of drug-likeness (QED) is 0.546. The second-order valence-electron chi connectivity index (χ2n) is 4.33. The molecule has 17 heavy (non-hydrogen) atoms. The van der Waals surface area contributed by atoms with Crippen LogP contribution in [0, 0.1) is 6.92 Å². The molecular weight excluding hydrogens is 236 g/mol. The van der Waals surface area contributed by atoms with Crippen molar-refractivity contribution in [2.45, 2.75) is 26.7 Å². The smallest absolute Gasteiger partial charge is 0.122 e. The Bertz CT molecular complexity index is 337. The molecule has 1 rings (SSSR count). The van der Waals surface area contributed by atoms with Gasteiger partial charge in [-0.2, -0.15) is 0 Å². The average molecular weight is 257 g/mol. The van der Waals surface area contributed by atoms with Gasteiger partial charge in [0.25, 0.3) is 0 Å². The Kier molecular flexibility index (Phi) is 6.38. The largest absolute Gasteiger partial charge is 0.491 e. The molecule has 0 bridgehead atoms. The number of alkyl halides is 1. The zero-order valence-corrected chi connectivity index (χ0v) is 11.6. The van der Waals surface area contributed by atoms with Gasteiger partial charge in [0.2, 0.25) is 0 Å². The third-order valence-corrected chi connectivity index (χ3v) is 2.74. The summed E-state index contributed by atoms with van der Waals surface area (Å²) in [5.41, 5.74) is 2.46. The van der Waals surface area contributed by atoms with Crippen LogP contribution in [0.3, 0.4) is 0 Å². The second-order valence-corrected chi connectivity index (χ2v) is 4.71. The molecule has 0 saturated heterocycles. The molecule has 0 spiro atoms. The fourth-order valence-corrected chi connectivity index (χ4v) is 1.61. The van der Waals surface area contributed by atoms with E-state index in [0.717, 1.165) is 11.3 Å². The predicted octanol–water partition coefficient (Wildman–Crippen LogP) is 3.75. The van der Waals surface area contributed by atoms with Crippen LogP contribution in [-0.4, -0.2) is 25.7 Å². The van der Waals surface area contributed by atoms with Crippen LogP contribution >= 0.6 is 11.6 Å². The van der Waals surface area contributed by atoms with Gasteiger partial charge in [-0.05, 0) is 30.0 Å². The van der Waals surface area contributed by atoms with Crippen LogP contribution < -0.4 is 4.74 Å². The van der Waals surface area contributed by atoms with Gasteiger partial charge in [-0.25, -0.2) is 0 Å². The highest BCUT2D eigenvalue weighted by molar-refractivity contribution is 6.17. The molecule has 0 heterocycles. The molecule has 1 aromatic carbocycles. The summed E-state index contributed by atoms with van der Waals surface area (Å²) < 4.78 is 11.0. The highest BCUT2D eigenvalue weighted by Gasteiger charge is 2.04. The van der Waals surface area contributed by atoms with Crippen LogP contribution in [0.15, 0.2) is 18.2 Å². The lowest BCUT2D eigenvalue weighted by atomic mass is 10.0. The molecule has 0 atom stereocenters. The average Bonchev–Trinajstić information content (AvgIpc) is 2.30. The Morgan fingerprint density at radius 2 is 1.94 bits per heavy atom. The van der Waals surface area contributed by atoms with E-state index >= 15 is 0 Å². The molecule has 96 valence electrons. The van der Waals surface area contributed by atoms with Crippen molar-refractivity contribution in [2.24, 2.45) is 0 Å². The topological polar surface area (TPSA) is 18.5 Å². The second kappa shape index (κ2) is 7.57. The Balaban J connectivity index is 2.49. The molecule has 0 aliphatic rings. The van der Waals surface area contributed by atoms with Gasteiger partial charge in [-0.3, -0.25) is 0 Å². The van der Waals surface area contributed by atoms with Crippen LogP contribution in [0.4, 0.5) is 0 Å². The molecule has 3 heteroatoms. The van der Waals surface area contributed by atoms with E-state index < -0.39 is 0 Å². The van der Waals surface area contributed by atoms with Gasteiger partial charge in [0, 0.05) is 5.88 Å². The zero-order chi connectivity index (χ0) is 12.7. The van der Waals surface area contributed by atoms with Crippen molar-refractivity contribution in [3.63, 3.8) is 0 Å². The Hall–Kier alpha value is -0.730. The minimum Gasteiger partial charge on any atom is -0.491 e. The Morgan fingerprint density at radius 1 is 1.18 bits per heavy atom. The molecule has 0 radical (unpaired) electrons. The maximum atomic E-state index is 5.71. The third kappa shape index (κ3) is 4.97. The van der Waals surface area contributed by atoms with E-state index in [4.69, 9.17) is 21.1 Å². The van der Waals surface area contributed by atoms with E-state index in [1.165, 1.54) is 5.56 Å². The van der Waals surface area contributed by atoms with Gasteiger partial charge < -0.3 is 9.47 Å². The SMILES string of the molecule is Cc1ccc(C(C)C)cc1OCCOCCCl. The first-order valence-corrected chi connectivity index (χ1v) is 6.55. The summed E-state index contributed by atoms with van der Waals surface area (Å²) in [5.74, 6) is 2.00. The maximum Gasteiger partial charge on any atom is 0.122 e. The van der Waals surface area contributed by atoms with Gasteiger partial charge in [-0.15, -0.1) is 11.6 Å². The fraction of sp³-hybridized carbons (Fsp3) is 0.571. The van der Waals surface area contributed by atoms with Crippen LogP contribution in [0.25, 0.3) is 0 Å². The van der Waals surface area contributed by atoms with E-state index in [9.17, 15) is 0 Å². The highest BCUT2D eigenvalue weighted by atomic mass is 35.5. The van der Waals surface area contributed by atoms with E-state index in [0.29, 0.717) is 31.6 Å². The summed E-state index contributed by atoms with van der Waals surface area (Å²) in [5, 5.41) is 0. The molecule has 0 N–H and O–H groups in total. The molecule has 0 aliphatic heterocycles. The normalized spacial score (nSPS) is 10.9. The lowest BCUT2D eigenvalue weighted by Crippen LogP contribution is -2.08. The Labute approximate surface area is 109 Å². The zero-order valence-electron chi connectivity index (χ0n) is 10.8. The van der Waals surface area contributed by atoms with Crippen molar-refractivity contribution < 1.29 is 9.47 Å². The molecule has 0 fully saturated rings. The summed E-state index contributed by atoms with van der Waals surface area (Å²) in [6.07, 6.45) is 0. The minimum absolute atomic E-state index is 0.519. The van der Waals surface area contributed by atoms with Crippen LogP contribution in [0.2, 0.25) is 0 Å². The van der Waals surface area contributed by atoms with Gasteiger partial charge in [0.1, 0.15) is 12.4 Å². The highest BCUT2D eigenvalue weighted by Crippen LogP contribution is 2.24. The molecule has 0 unspecified atom stereocenters. The number of halogens is 1. The van der Waals surface area contributed by atoms with Gasteiger partial charge in [0.05, 0.1) is 13.2 Å². The number of rotatable bonds is 7. The first-order valence-electron chi connectivity index (χ1n) is 6.02. The maximum absolute atomic E-state index is 5.71. The summed E-state index contributed by atoms with van der Waals surface area (Å²) in [4.78, 5) is 0. The van der Waals surface area contributed by atoms with E-state index in [-0.39, 0.29) is 0 Å². The number of ether oxygens (including phenoxy) is 2. The molecule has 0 saturated carbocycles. The van der Waals surface area contributed by atoms with E-state index in [1.807, 2.05) is 0 Å². The van der Waals surface area contributed by atoms with Crippen molar-refractivity contribution in [3.8, 4) is 5.75 Å². The molecule has 2 nitrogen and oxygen atoms in total. The van der Waals surface area contributed by atoms with Crippen molar-refractivity contribution >= 4 is 11.6 Å². The van der Waals surface area contributed by atoms with Crippen molar-refractivity contribution in [2.75, 3.05) is 25.7 Å². The first kappa shape index (κ1) is 14.3. The number of hydrogen-bond acceptors (Lipinski definition) is 2. The number of hydrogen-bond donors (Lipinski definition) is 0. The monoisotopic (exact) mass is 256 g/mol. The van der Waals surface area contributed by atoms with Gasteiger partial charge >= 0.3 is 0 Å². The van der Waals surface area contributed by atoms with Crippen LogP contribution in [0.1, 0.15) is 30.9 Å². The lowest BCUT2D eigenvalue weighted by Gasteiger charge is -2.12. The summed E-state index contributed by atoms with van der Waals surface area (Å²) in [6.45, 7) is 8.14. The van der Waals surface area contributed by atoms with Crippen LogP contribution in [0.5, 0.6) is 5.75 Å². The van der Waals surface area contributed by atoms with Crippen molar-refractivity contribution in [3.05, 3.63) is 29.3 Å². The molecular formula is C14H21ClO2. The molecule has 1 aromatic rings. The van der Waals surface area contributed by atoms with E-state index in [1.54, 1.807) is 0 Å². The summed E-state index contributed by atoms with van der Waals surface area (Å²) in [6, 6.07) is 6.36. The van der Waals surface area contributed by atoms with E-state index in [2.05, 4.69) is 39.0 Å².